The van der Waals surface area contributed by atoms with E-state index in [1.165, 1.54) is 75.9 Å². The molecule has 0 atom stereocenters. The number of para-hydroxylation sites is 2. The van der Waals surface area contributed by atoms with Crippen LogP contribution in [0.25, 0.3) is 83.4 Å². The second kappa shape index (κ2) is 27.7. The van der Waals surface area contributed by atoms with Crippen LogP contribution in [0.4, 0.5) is 0 Å². The van der Waals surface area contributed by atoms with Crippen molar-refractivity contribution < 1.29 is 87.9 Å². The topological polar surface area (TPSA) is 35.9 Å². The standard InChI is InChI=1S/C95H72N4OSi2.Pt/c1-68-60-93(96-66-87(68)69-32-12-5-13-33-69)99-88-54-27-26-52-85(88)86-58-57-76(65-90(86)99)100-75-38-30-37-74(64-75)97-67-98(89-59-56-71(63-91(89)97)70-34-29-51-83(62-70)101(77-39-14-6-15-40-77,78-41-16-7-17-42-78)79-43-18-8-19-44-79)94-84(72-35-28-36-73(61-72)95(2,3)4)53-31-55-92(94)102(80-45-20-9-21-46-80,81-47-22-10-23-48-81)82-49-24-11-25-50-82;/h5-63,66H,1-4H3;/q-2;/i1D3,5D,6D,7D,8D,9D,10D,11D,12D,13D,14D,15D,16D,17D,18D,19D,20D,21D,22D,23D,24D,25D,29D,32D,33D,34D,39D,40D,41D,42D,43D,44D,45D,46D,47D,48D,49D,50D,51D,62D;. The van der Waals surface area contributed by atoms with Crippen molar-refractivity contribution in [3.05, 3.63) is 393 Å². The van der Waals surface area contributed by atoms with Gasteiger partial charge in [0.2, 0.25) is 0 Å². The number of nitrogens with zero attached hydrogens (tertiary/aromatic N) is 4. The molecule has 0 N–H and O–H groups in total. The zero-order valence-corrected chi connectivity index (χ0v) is 58.4. The maximum Gasteiger partial charge on any atom is 0.268 e. The number of benzene rings is 14. The molecule has 3 aromatic heterocycles. The van der Waals surface area contributed by atoms with E-state index >= 15 is 0 Å². The average molecular weight is 1580 g/mol. The molecule has 17 rings (SSSR count). The first-order valence-electron chi connectivity index (χ1n) is 52.6. The molecule has 498 valence electrons. The van der Waals surface area contributed by atoms with Gasteiger partial charge in [-0.1, -0.05) is 335 Å². The van der Waals surface area contributed by atoms with E-state index in [2.05, 4.69) is 18.5 Å². The minimum absolute atomic E-state index is 0. The van der Waals surface area contributed by atoms with E-state index < -0.39 is 328 Å². The predicted molar refractivity (Wildman–Crippen MR) is 427 cm³/mol. The fraction of sp³-hybridized carbons (Fsp3) is 0.0526. The second-order valence-electron chi connectivity index (χ2n) is 24.3. The van der Waals surface area contributed by atoms with Gasteiger partial charge in [0.25, 0.3) is 6.33 Å². The minimum Gasteiger partial charge on any atom is -0.510 e. The van der Waals surface area contributed by atoms with E-state index in [0.717, 1.165) is 6.20 Å². The van der Waals surface area contributed by atoms with E-state index in [0.29, 0.717) is 21.9 Å². The normalized spacial score (nSPS) is 17.7. The molecule has 17 aromatic rings. The zero-order chi connectivity index (χ0) is 105. The molecule has 14 aromatic carbocycles. The Bertz CT molecular complexity index is 8010. The number of pyridine rings is 1. The first-order chi connectivity index (χ1) is 67.5. The number of fused-ring (bicyclic) bond motifs is 4. The van der Waals surface area contributed by atoms with E-state index in [4.69, 9.17) is 28.9 Å². The Hall–Kier alpha value is -11.6. The first-order valence-corrected chi connectivity index (χ1v) is 35.6. The minimum atomic E-state index is -6.56. The summed E-state index contributed by atoms with van der Waals surface area (Å²) in [5.74, 6) is -0.360. The van der Waals surface area contributed by atoms with Crippen molar-refractivity contribution in [2.45, 2.75) is 33.0 Å². The van der Waals surface area contributed by atoms with Crippen LogP contribution >= 0.6 is 0 Å². The van der Waals surface area contributed by atoms with Gasteiger partial charge in [0.15, 0.2) is 16.1 Å². The smallest absolute Gasteiger partial charge is 0.268 e. The Morgan fingerprint density at radius 3 is 1.61 bits per heavy atom. The molecule has 0 aliphatic carbocycles. The van der Waals surface area contributed by atoms with Crippen molar-refractivity contribution >= 4 is 90.5 Å². The number of aromatic nitrogens is 4. The van der Waals surface area contributed by atoms with Crippen LogP contribution in [-0.4, -0.2) is 30.3 Å². The van der Waals surface area contributed by atoms with Gasteiger partial charge in [-0.2, -0.15) is 18.2 Å². The maximum absolute atomic E-state index is 11.0. The molecule has 0 amide bonds. The summed E-state index contributed by atoms with van der Waals surface area (Å²) in [6.45, 7) is 2.60. The number of imidazole rings is 1. The fourth-order valence-electron chi connectivity index (χ4n) is 13.0. The SMILES string of the molecule is [2H]c1c([2H])c([2H])c(-c2cnc(-n3c4[c-]c(Oc5[c-]c(-n6[c-][n+](-c7c(-c8cccc(C(C)(C)C)c8)cccc7[Si](c7c([2H])c([2H])c([2H])c([2H])c7[2H])(c7c([2H])c([2H])c([2H])c([2H])c7[2H])c7c([2H])c([2H])c([2H])c([2H])c7[2H])c7ccc(-c8c([2H])c([2H])c([2H])c([Si](c9c([2H])c([2H])c([2H])c([2H])c9[2H])(c9c([2H])c([2H])c([2H])c([2H])c9[2H])c9c([2H])c([2H])c([2H])c([2H])c9[2H])c8[2H])cc76)ccc5)ccc4c4ccccc43)cc2C([2H])([2H])[2H])c([2H])c1[2H].[Pt]. The van der Waals surface area contributed by atoms with Gasteiger partial charge in [-0.3, -0.25) is 4.57 Å². The molecule has 0 aliphatic rings. The summed E-state index contributed by atoms with van der Waals surface area (Å²) in [6.07, 6.45) is 4.46. The molecule has 0 radical (unpaired) electrons. The van der Waals surface area contributed by atoms with Crippen LogP contribution in [0.1, 0.15) is 89.5 Å². The number of ether oxygens (including phenoxy) is 1. The van der Waals surface area contributed by atoms with Crippen LogP contribution < -0.4 is 50.8 Å². The van der Waals surface area contributed by atoms with Crippen molar-refractivity contribution in [1.82, 2.24) is 14.1 Å². The van der Waals surface area contributed by atoms with Gasteiger partial charge in [-0.05, 0) is 122 Å². The van der Waals surface area contributed by atoms with Crippen LogP contribution in [0.5, 0.6) is 11.5 Å². The van der Waals surface area contributed by atoms with E-state index in [9.17, 15) is 38.4 Å². The third-order valence-electron chi connectivity index (χ3n) is 17.6. The molecule has 0 spiro atoms. The molecular weight excluding hydrogens is 1460 g/mol. The summed E-state index contributed by atoms with van der Waals surface area (Å²) in [4.78, 5) is 4.69. The van der Waals surface area contributed by atoms with Crippen molar-refractivity contribution in [2.24, 2.45) is 0 Å². The van der Waals surface area contributed by atoms with Crippen LogP contribution in [0.2, 0.25) is 0 Å². The summed E-state index contributed by atoms with van der Waals surface area (Å²) in [6, 6.07) is -6.93. The fourth-order valence-corrected chi connectivity index (χ4v) is 20.5. The van der Waals surface area contributed by atoms with Crippen LogP contribution in [0.15, 0.2) is 363 Å². The van der Waals surface area contributed by atoms with Gasteiger partial charge in [0.05, 0.1) is 70.2 Å². The maximum atomic E-state index is 11.0. The van der Waals surface area contributed by atoms with Crippen LogP contribution in [0, 0.1) is 25.3 Å². The van der Waals surface area contributed by atoms with Crippen molar-refractivity contribution in [2.75, 3.05) is 0 Å². The molecule has 0 aliphatic heterocycles. The largest absolute Gasteiger partial charge is 0.510 e. The third kappa shape index (κ3) is 11.8. The molecule has 0 saturated heterocycles. The molecular formula is C95H72N4OPtSi2-2. The molecule has 103 heavy (non-hydrogen) atoms. The van der Waals surface area contributed by atoms with Gasteiger partial charge < -0.3 is 13.9 Å². The predicted octanol–water partition coefficient (Wildman–Crippen LogP) is 17.0. The zero-order valence-electron chi connectivity index (χ0n) is 96.1. The van der Waals surface area contributed by atoms with Crippen LogP contribution in [0.3, 0.4) is 0 Å². The monoisotopic (exact) mass is 1580 g/mol. The quantitative estimate of drug-likeness (QED) is 0.0418. The Kier molecular flexibility index (Phi) is 9.14. The molecule has 0 saturated carbocycles. The summed E-state index contributed by atoms with van der Waals surface area (Å²) in [5, 5.41) is -6.79. The van der Waals surface area contributed by atoms with Crippen molar-refractivity contribution in [1.29, 1.82) is 0 Å². The van der Waals surface area contributed by atoms with E-state index in [1.54, 1.807) is 59.2 Å². The molecule has 5 nitrogen and oxygen atoms in total. The second-order valence-corrected chi connectivity index (χ2v) is 31.3. The van der Waals surface area contributed by atoms with Crippen molar-refractivity contribution in [3.8, 4) is 62.1 Å². The van der Waals surface area contributed by atoms with Gasteiger partial charge in [0, 0.05) is 54.0 Å². The number of aryl methyl sites for hydroxylation is 1. The van der Waals surface area contributed by atoms with E-state index in [1.807, 2.05) is 20.8 Å². The van der Waals surface area contributed by atoms with Gasteiger partial charge in [-0.25, -0.2) is 4.98 Å². The molecule has 0 bridgehead atoms. The van der Waals surface area contributed by atoms with Gasteiger partial charge in [0.1, 0.15) is 5.82 Å². The third-order valence-corrected chi connectivity index (χ3v) is 25.8. The van der Waals surface area contributed by atoms with Gasteiger partial charge >= 0.3 is 0 Å². The number of rotatable bonds is 16. The Balaban J connectivity index is 0.0000151. The summed E-state index contributed by atoms with van der Waals surface area (Å²) < 4.78 is 410. The van der Waals surface area contributed by atoms with Crippen LogP contribution in [-0.2, 0) is 26.5 Å². The molecule has 0 unspecified atom stereocenters. The molecule has 3 heterocycles. The Morgan fingerprint density at radius 1 is 0.447 bits per heavy atom. The summed E-state index contributed by atoms with van der Waals surface area (Å²) >= 11 is 0. The molecule has 0 fully saturated rings. The summed E-state index contributed by atoms with van der Waals surface area (Å²) in [5.41, 5.74) is -2.67. The number of hydrogen-bond donors (Lipinski definition) is 0. The van der Waals surface area contributed by atoms with Crippen molar-refractivity contribution in [3.63, 3.8) is 0 Å². The Morgan fingerprint density at radius 2 is 1.00 bits per heavy atom. The molecule has 8 heteroatoms. The first kappa shape index (κ1) is 33.9. The Labute approximate surface area is 678 Å². The average Bonchev–Trinajstić information content (AvgIpc) is 1.44. The van der Waals surface area contributed by atoms with Gasteiger partial charge in [-0.15, -0.1) is 29.7 Å². The summed E-state index contributed by atoms with van der Waals surface area (Å²) in [7, 11) is -12.9. The number of hydrogen-bond acceptors (Lipinski definition) is 2. The van der Waals surface area contributed by atoms with E-state index in [-0.39, 0.29) is 83.0 Å².